The van der Waals surface area contributed by atoms with Gasteiger partial charge in [0.2, 0.25) is 0 Å². The van der Waals surface area contributed by atoms with Crippen molar-refractivity contribution in [1.82, 2.24) is 0 Å². The summed E-state index contributed by atoms with van der Waals surface area (Å²) in [6.07, 6.45) is 2.34. The zero-order valence-electron chi connectivity index (χ0n) is 9.32. The van der Waals surface area contributed by atoms with Crippen LogP contribution in [0.1, 0.15) is 14.7 Å². The van der Waals surface area contributed by atoms with Gasteiger partial charge < -0.3 is 9.84 Å². The van der Waals surface area contributed by atoms with Crippen LogP contribution in [0.3, 0.4) is 0 Å². The van der Waals surface area contributed by atoms with Crippen molar-refractivity contribution in [3.63, 3.8) is 0 Å². The first kappa shape index (κ1) is 9.71. The van der Waals surface area contributed by atoms with Crippen LogP contribution in [0.25, 0.3) is 0 Å². The second-order valence-electron chi connectivity index (χ2n) is 3.14. The van der Waals surface area contributed by atoms with Gasteiger partial charge in [0.05, 0.1) is 6.94 Å². The lowest BCUT2D eigenvalue weighted by atomic mass is 10.1. The summed E-state index contributed by atoms with van der Waals surface area (Å²) >= 11 is 0. The lowest BCUT2D eigenvalue weighted by Gasteiger charge is -2.15. The number of rotatable bonds is 3. The number of esters is 1. The van der Waals surface area contributed by atoms with Crippen molar-refractivity contribution < 1.29 is 20.8 Å². The van der Waals surface area contributed by atoms with Crippen molar-refractivity contribution in [3.8, 4) is 0 Å². The summed E-state index contributed by atoms with van der Waals surface area (Å²) in [5, 5.41) is 8.68. The lowest BCUT2D eigenvalue weighted by Crippen LogP contribution is -2.18. The van der Waals surface area contributed by atoms with E-state index in [1.54, 1.807) is 0 Å². The van der Waals surface area contributed by atoms with Crippen molar-refractivity contribution >= 4 is 11.9 Å². The molecule has 0 saturated heterocycles. The Morgan fingerprint density at radius 2 is 2.40 bits per heavy atom. The first-order valence-corrected chi connectivity index (χ1v) is 4.35. The fraction of sp³-hybridized carbons (Fsp3) is 0.273. The molecule has 0 spiro atoms. The van der Waals surface area contributed by atoms with Crippen LogP contribution < -0.4 is 0 Å². The van der Waals surface area contributed by atoms with E-state index in [4.69, 9.17) is 11.2 Å². The molecule has 80 valence electrons. The molecule has 4 nitrogen and oxygen atoms in total. The van der Waals surface area contributed by atoms with Crippen LogP contribution in [0.5, 0.6) is 0 Å². The minimum Gasteiger partial charge on any atom is -0.478 e. The number of carbonyl (C=O) groups excluding carboxylic acids is 1. The van der Waals surface area contributed by atoms with Gasteiger partial charge in [-0.1, -0.05) is 12.7 Å². The third-order valence-corrected chi connectivity index (χ3v) is 1.79. The highest BCUT2D eigenvalue weighted by atomic mass is 16.5. The Bertz CT molecular complexity index is 408. The molecule has 1 aliphatic carbocycles. The minimum atomic E-state index is -1.53. The van der Waals surface area contributed by atoms with E-state index in [9.17, 15) is 9.59 Å². The molecular formula is C11H12O4. The van der Waals surface area contributed by atoms with E-state index in [0.29, 0.717) is 0 Å². The Morgan fingerprint density at radius 1 is 1.73 bits per heavy atom. The average Bonchev–Trinajstić information content (AvgIpc) is 2.17. The molecule has 4 heteroatoms. The van der Waals surface area contributed by atoms with Gasteiger partial charge in [0.25, 0.3) is 0 Å². The van der Waals surface area contributed by atoms with Gasteiger partial charge in [-0.3, -0.25) is 0 Å². The summed E-state index contributed by atoms with van der Waals surface area (Å²) in [5.74, 6) is -1.73. The van der Waals surface area contributed by atoms with Gasteiger partial charge in [-0.15, -0.1) is 0 Å². The molecule has 0 heterocycles. The normalized spacial score (nSPS) is 25.1. The summed E-state index contributed by atoms with van der Waals surface area (Å²) < 4.78 is 12.6. The molecule has 1 N–H and O–H groups in total. The zero-order valence-corrected chi connectivity index (χ0v) is 8.32. The Balaban J connectivity index is 2.72. The lowest BCUT2D eigenvalue weighted by molar-refractivity contribution is -0.141. The molecule has 0 radical (unpaired) electrons. The maximum atomic E-state index is 11.2. The van der Waals surface area contributed by atoms with Crippen molar-refractivity contribution in [2.24, 2.45) is 0 Å². The van der Waals surface area contributed by atoms with E-state index < -0.39 is 18.0 Å². The Morgan fingerprint density at radius 3 is 2.80 bits per heavy atom. The molecule has 15 heavy (non-hydrogen) atoms. The summed E-state index contributed by atoms with van der Waals surface area (Å²) in [7, 11) is 0. The fourth-order valence-electron chi connectivity index (χ4n) is 0.970. The first-order chi connectivity index (χ1) is 7.34. The Hall–Kier alpha value is -1.84. The second kappa shape index (κ2) is 4.59. The molecule has 0 fully saturated rings. The van der Waals surface area contributed by atoms with Crippen molar-refractivity contribution in [3.05, 3.63) is 36.0 Å². The predicted molar refractivity (Wildman–Crippen MR) is 54.2 cm³/mol. The SMILES string of the molecule is [2H]C1(OC(=O)C(=C)C)C=CC(C(=O)O)=CC1. The van der Waals surface area contributed by atoms with Gasteiger partial charge in [0, 0.05) is 12.0 Å². The van der Waals surface area contributed by atoms with E-state index in [0.717, 1.165) is 0 Å². The first-order valence-electron chi connectivity index (χ1n) is 4.85. The summed E-state index contributed by atoms with van der Waals surface area (Å²) in [4.78, 5) is 21.8. The maximum Gasteiger partial charge on any atom is 0.335 e. The van der Waals surface area contributed by atoms with Crippen LogP contribution in [0, 0.1) is 0 Å². The molecule has 0 bridgehead atoms. The van der Waals surface area contributed by atoms with Crippen LogP contribution in [-0.2, 0) is 14.3 Å². The number of ether oxygens (including phenoxy) is 1. The van der Waals surface area contributed by atoms with Crippen LogP contribution in [0.15, 0.2) is 36.0 Å². The predicted octanol–water partition coefficient (Wildman–Crippen LogP) is 1.45. The molecule has 0 amide bonds. The molecule has 1 atom stereocenters. The third kappa shape index (κ3) is 3.09. The highest BCUT2D eigenvalue weighted by Gasteiger charge is 2.16. The zero-order chi connectivity index (χ0) is 12.3. The minimum absolute atomic E-state index is 0.0180. The van der Waals surface area contributed by atoms with E-state index in [-0.39, 0.29) is 17.6 Å². The van der Waals surface area contributed by atoms with Gasteiger partial charge in [-0.05, 0) is 19.1 Å². The van der Waals surface area contributed by atoms with E-state index in [2.05, 4.69) is 6.58 Å². The molecule has 0 aromatic carbocycles. The average molecular weight is 209 g/mol. The number of carbonyl (C=O) groups is 2. The molecule has 1 unspecified atom stereocenters. The van der Waals surface area contributed by atoms with Gasteiger partial charge in [-0.25, -0.2) is 9.59 Å². The molecule has 0 aromatic rings. The van der Waals surface area contributed by atoms with Gasteiger partial charge >= 0.3 is 11.9 Å². The van der Waals surface area contributed by atoms with Crippen LogP contribution >= 0.6 is 0 Å². The number of carboxylic acid groups (broad SMARTS) is 1. The van der Waals surface area contributed by atoms with Crippen LogP contribution in [-0.4, -0.2) is 23.1 Å². The van der Waals surface area contributed by atoms with Gasteiger partial charge in [0.15, 0.2) is 0 Å². The van der Waals surface area contributed by atoms with Gasteiger partial charge in [-0.2, -0.15) is 0 Å². The second-order valence-corrected chi connectivity index (χ2v) is 3.14. The fourth-order valence-corrected chi connectivity index (χ4v) is 0.970. The molecular weight excluding hydrogens is 196 g/mol. The smallest absolute Gasteiger partial charge is 0.335 e. The molecule has 0 saturated carbocycles. The largest absolute Gasteiger partial charge is 0.478 e. The highest BCUT2D eigenvalue weighted by Crippen LogP contribution is 2.14. The number of hydrogen-bond donors (Lipinski definition) is 1. The Labute approximate surface area is 88.9 Å². The topological polar surface area (TPSA) is 63.6 Å². The number of aliphatic carboxylic acids is 1. The molecule has 0 aliphatic heterocycles. The molecule has 1 rings (SSSR count). The maximum absolute atomic E-state index is 11.2. The number of carboxylic acids is 1. The van der Waals surface area contributed by atoms with Crippen molar-refractivity contribution in [2.75, 3.05) is 0 Å². The van der Waals surface area contributed by atoms with Gasteiger partial charge in [0.1, 0.15) is 6.08 Å². The Kier molecular flexibility index (Phi) is 2.97. The molecule has 0 aromatic heterocycles. The van der Waals surface area contributed by atoms with Crippen LogP contribution in [0.2, 0.25) is 0 Å². The van der Waals surface area contributed by atoms with E-state index in [1.807, 2.05) is 0 Å². The summed E-state index contributed by atoms with van der Waals surface area (Å²) in [6, 6.07) is 0. The highest BCUT2D eigenvalue weighted by molar-refractivity contribution is 5.90. The van der Waals surface area contributed by atoms with E-state index in [1.165, 1.54) is 25.2 Å². The van der Waals surface area contributed by atoms with E-state index >= 15 is 0 Å². The summed E-state index contributed by atoms with van der Waals surface area (Å²) in [5.41, 5.74) is 0.294. The van der Waals surface area contributed by atoms with Crippen molar-refractivity contribution in [2.45, 2.75) is 19.4 Å². The molecule has 1 aliphatic rings. The van der Waals surface area contributed by atoms with Crippen LogP contribution in [0.4, 0.5) is 0 Å². The standard InChI is InChI=1S/C11H12O4/c1-7(2)11(14)15-9-5-3-8(4-6-9)10(12)13/h3-5,9H,1,6H2,2H3,(H,12,13)/i9D. The summed E-state index contributed by atoms with van der Waals surface area (Å²) in [6.45, 7) is 4.89. The number of hydrogen-bond acceptors (Lipinski definition) is 3. The third-order valence-electron chi connectivity index (χ3n) is 1.79. The quantitative estimate of drug-likeness (QED) is 0.564. The monoisotopic (exact) mass is 209 g/mol. The van der Waals surface area contributed by atoms with Crippen molar-refractivity contribution in [1.29, 1.82) is 0 Å².